The summed E-state index contributed by atoms with van der Waals surface area (Å²) in [6, 6.07) is 5.46. The predicted octanol–water partition coefficient (Wildman–Crippen LogP) is 2.55. The van der Waals surface area contributed by atoms with E-state index in [2.05, 4.69) is 17.6 Å². The molecule has 2 aromatic rings. The Morgan fingerprint density at radius 1 is 1.32 bits per heavy atom. The van der Waals surface area contributed by atoms with E-state index in [9.17, 15) is 14.4 Å². The standard InChI is InChI=1S/C22H22N4O3S2/c1-13(19(23)27)8-26-10-17-15(4-3-5-16(17)21(26)28)20-24-18(12-31-20)22(29)25(2)9-14-6-7-30-11-14/h3-6,12H,1,7-11H2,2H3,(H2,23,27). The number of rotatable bonds is 7. The van der Waals surface area contributed by atoms with Crippen molar-refractivity contribution in [1.29, 1.82) is 0 Å². The lowest BCUT2D eigenvalue weighted by molar-refractivity contribution is -0.114. The van der Waals surface area contributed by atoms with E-state index in [1.54, 1.807) is 34.4 Å². The van der Waals surface area contributed by atoms with Gasteiger partial charge in [0.05, 0.1) is 6.54 Å². The van der Waals surface area contributed by atoms with Crippen LogP contribution in [0.3, 0.4) is 0 Å². The molecule has 2 N–H and O–H groups in total. The Kier molecular flexibility index (Phi) is 5.97. The van der Waals surface area contributed by atoms with Crippen molar-refractivity contribution in [1.82, 2.24) is 14.8 Å². The van der Waals surface area contributed by atoms with Crippen LogP contribution < -0.4 is 5.73 Å². The minimum atomic E-state index is -0.622. The molecule has 2 aliphatic rings. The third kappa shape index (κ3) is 4.28. The summed E-state index contributed by atoms with van der Waals surface area (Å²) < 4.78 is 0. The van der Waals surface area contributed by atoms with Crippen LogP contribution in [0.2, 0.25) is 0 Å². The highest BCUT2D eigenvalue weighted by atomic mass is 32.2. The van der Waals surface area contributed by atoms with Crippen molar-refractivity contribution < 1.29 is 14.4 Å². The fourth-order valence-electron chi connectivity index (χ4n) is 3.63. The van der Waals surface area contributed by atoms with Crippen molar-refractivity contribution in [3.05, 3.63) is 64.2 Å². The molecule has 0 fully saturated rings. The molecule has 9 heteroatoms. The second kappa shape index (κ2) is 8.68. The molecular formula is C22H22N4O3S2. The van der Waals surface area contributed by atoms with Crippen LogP contribution in [0.5, 0.6) is 0 Å². The monoisotopic (exact) mass is 454 g/mol. The van der Waals surface area contributed by atoms with E-state index in [4.69, 9.17) is 5.73 Å². The number of benzene rings is 1. The minimum Gasteiger partial charge on any atom is -0.366 e. The van der Waals surface area contributed by atoms with Crippen LogP contribution in [0.4, 0.5) is 0 Å². The average Bonchev–Trinajstić information content (AvgIpc) is 3.49. The molecule has 0 saturated carbocycles. The molecule has 0 bridgehead atoms. The molecule has 7 nitrogen and oxygen atoms in total. The molecule has 0 unspecified atom stereocenters. The number of nitrogens with two attached hydrogens (primary N) is 1. The molecule has 3 heterocycles. The number of thioether (sulfide) groups is 1. The van der Waals surface area contributed by atoms with Gasteiger partial charge in [-0.3, -0.25) is 14.4 Å². The number of amides is 3. The van der Waals surface area contributed by atoms with Crippen molar-refractivity contribution >= 4 is 40.8 Å². The van der Waals surface area contributed by atoms with Gasteiger partial charge in [-0.1, -0.05) is 24.8 Å². The largest absolute Gasteiger partial charge is 0.366 e. The van der Waals surface area contributed by atoms with Crippen molar-refractivity contribution in [2.45, 2.75) is 6.54 Å². The molecule has 0 saturated heterocycles. The summed E-state index contributed by atoms with van der Waals surface area (Å²) in [6.07, 6.45) is 2.17. The fourth-order valence-corrected chi connectivity index (χ4v) is 5.42. The van der Waals surface area contributed by atoms with Crippen molar-refractivity contribution in [2.75, 3.05) is 31.6 Å². The van der Waals surface area contributed by atoms with Crippen LogP contribution in [0.15, 0.2) is 47.4 Å². The van der Waals surface area contributed by atoms with Gasteiger partial charge in [-0.2, -0.15) is 11.8 Å². The van der Waals surface area contributed by atoms with Crippen molar-refractivity contribution in [3.63, 3.8) is 0 Å². The highest BCUT2D eigenvalue weighted by Crippen LogP contribution is 2.34. The lowest BCUT2D eigenvalue weighted by Gasteiger charge is -2.16. The maximum absolute atomic E-state index is 12.8. The number of hydrogen-bond donors (Lipinski definition) is 1. The normalized spacial score (nSPS) is 15.1. The molecular weight excluding hydrogens is 432 g/mol. The number of nitrogens with zero attached hydrogens (tertiary/aromatic N) is 3. The number of fused-ring (bicyclic) bond motifs is 1. The Balaban J connectivity index is 1.54. The molecule has 0 aliphatic carbocycles. The highest BCUT2D eigenvalue weighted by molar-refractivity contribution is 7.99. The zero-order valence-electron chi connectivity index (χ0n) is 17.1. The van der Waals surface area contributed by atoms with Crippen LogP contribution in [0.25, 0.3) is 10.6 Å². The number of carbonyl (C=O) groups excluding carboxylic acids is 3. The number of carbonyl (C=O) groups is 3. The van der Waals surface area contributed by atoms with Gasteiger partial charge in [0.15, 0.2) is 0 Å². The first kappa shape index (κ1) is 21.3. The number of primary amides is 1. The van der Waals surface area contributed by atoms with Gasteiger partial charge in [-0.15, -0.1) is 11.3 Å². The summed E-state index contributed by atoms with van der Waals surface area (Å²) in [5, 5.41) is 2.45. The van der Waals surface area contributed by atoms with E-state index in [0.29, 0.717) is 29.4 Å². The predicted molar refractivity (Wildman–Crippen MR) is 123 cm³/mol. The Morgan fingerprint density at radius 2 is 2.10 bits per heavy atom. The molecule has 0 spiro atoms. The van der Waals surface area contributed by atoms with E-state index in [-0.39, 0.29) is 23.9 Å². The molecule has 3 amide bonds. The number of aromatic nitrogens is 1. The maximum atomic E-state index is 12.8. The van der Waals surface area contributed by atoms with Gasteiger partial charge < -0.3 is 15.5 Å². The summed E-state index contributed by atoms with van der Waals surface area (Å²) in [6.45, 7) is 4.67. The van der Waals surface area contributed by atoms with E-state index < -0.39 is 5.91 Å². The van der Waals surface area contributed by atoms with Gasteiger partial charge in [0.1, 0.15) is 10.7 Å². The Labute approximate surface area is 188 Å². The molecule has 0 atom stereocenters. The first-order valence-corrected chi connectivity index (χ1v) is 11.7. The molecule has 1 aromatic carbocycles. The Bertz CT molecular complexity index is 1120. The van der Waals surface area contributed by atoms with Gasteiger partial charge in [0, 0.05) is 53.7 Å². The highest BCUT2D eigenvalue weighted by Gasteiger charge is 2.31. The van der Waals surface area contributed by atoms with Gasteiger partial charge in [0.25, 0.3) is 11.8 Å². The molecule has 160 valence electrons. The Morgan fingerprint density at radius 3 is 2.81 bits per heavy atom. The SMILES string of the molecule is C=C(CN1Cc2c(cccc2-c2nc(C(=O)N(C)CC3=CCSC3)cs2)C1=O)C(N)=O. The molecule has 1 aromatic heterocycles. The average molecular weight is 455 g/mol. The first-order chi connectivity index (χ1) is 14.8. The second-order valence-corrected chi connectivity index (χ2v) is 9.43. The summed E-state index contributed by atoms with van der Waals surface area (Å²) in [4.78, 5) is 44.7. The summed E-state index contributed by atoms with van der Waals surface area (Å²) >= 11 is 3.22. The molecule has 2 aliphatic heterocycles. The van der Waals surface area contributed by atoms with Crippen molar-refractivity contribution in [3.8, 4) is 10.6 Å². The third-order valence-electron chi connectivity index (χ3n) is 5.29. The van der Waals surface area contributed by atoms with E-state index in [0.717, 1.165) is 22.6 Å². The maximum Gasteiger partial charge on any atom is 0.273 e. The fraction of sp³-hybridized carbons (Fsp3) is 0.273. The van der Waals surface area contributed by atoms with Gasteiger partial charge in [0.2, 0.25) is 5.91 Å². The first-order valence-electron chi connectivity index (χ1n) is 9.71. The van der Waals surface area contributed by atoms with Crippen LogP contribution >= 0.6 is 23.1 Å². The summed E-state index contributed by atoms with van der Waals surface area (Å²) in [5.41, 5.74) is 9.33. The van der Waals surface area contributed by atoms with Crippen LogP contribution in [-0.4, -0.2) is 64.1 Å². The lowest BCUT2D eigenvalue weighted by atomic mass is 10.0. The quantitative estimate of drug-likeness (QED) is 0.512. The zero-order valence-corrected chi connectivity index (χ0v) is 18.7. The van der Waals surface area contributed by atoms with Crippen LogP contribution in [0, 0.1) is 0 Å². The van der Waals surface area contributed by atoms with Crippen LogP contribution in [0.1, 0.15) is 26.4 Å². The van der Waals surface area contributed by atoms with E-state index in [1.165, 1.54) is 16.9 Å². The van der Waals surface area contributed by atoms with E-state index in [1.807, 2.05) is 17.8 Å². The third-order valence-corrected chi connectivity index (χ3v) is 7.14. The second-order valence-electron chi connectivity index (χ2n) is 7.54. The van der Waals surface area contributed by atoms with Gasteiger partial charge >= 0.3 is 0 Å². The molecule has 4 rings (SSSR count). The van der Waals surface area contributed by atoms with Crippen LogP contribution in [-0.2, 0) is 11.3 Å². The number of hydrogen-bond acceptors (Lipinski definition) is 6. The Hall–Kier alpha value is -2.91. The van der Waals surface area contributed by atoms with E-state index >= 15 is 0 Å². The van der Waals surface area contributed by atoms with Gasteiger partial charge in [-0.25, -0.2) is 4.98 Å². The van der Waals surface area contributed by atoms with Crippen molar-refractivity contribution in [2.24, 2.45) is 5.73 Å². The molecule has 0 radical (unpaired) electrons. The lowest BCUT2D eigenvalue weighted by Crippen LogP contribution is -2.30. The topological polar surface area (TPSA) is 96.6 Å². The smallest absolute Gasteiger partial charge is 0.273 e. The number of likely N-dealkylation sites (N-methyl/N-ethyl adjacent to an activating group) is 1. The number of thiazole rings is 1. The zero-order chi connectivity index (χ0) is 22.1. The summed E-state index contributed by atoms with van der Waals surface area (Å²) in [7, 11) is 1.79. The van der Waals surface area contributed by atoms with Gasteiger partial charge in [-0.05, 0) is 17.2 Å². The minimum absolute atomic E-state index is 0.0861. The molecule has 31 heavy (non-hydrogen) atoms. The summed E-state index contributed by atoms with van der Waals surface area (Å²) in [5.74, 6) is 1.05.